The highest BCUT2D eigenvalue weighted by atomic mass is 35.5. The molecule has 0 unspecified atom stereocenters. The molecule has 0 saturated heterocycles. The van der Waals surface area contributed by atoms with E-state index in [1.807, 2.05) is 5.43 Å². The van der Waals surface area contributed by atoms with E-state index in [0.29, 0.717) is 4.88 Å². The van der Waals surface area contributed by atoms with Gasteiger partial charge in [-0.05, 0) is 11.4 Å². The average Bonchev–Trinajstić information content (AvgIpc) is 3.12. The van der Waals surface area contributed by atoms with E-state index in [1.165, 1.54) is 16.8 Å². The molecule has 2 heterocycles. The minimum Gasteiger partial charge on any atom is -0.350 e. The van der Waals surface area contributed by atoms with Gasteiger partial charge < -0.3 is 10.3 Å². The molecule has 12 heteroatoms. The van der Waals surface area contributed by atoms with Gasteiger partial charge in [0.15, 0.2) is 0 Å². The van der Waals surface area contributed by atoms with Crippen molar-refractivity contribution in [2.75, 3.05) is 0 Å². The van der Waals surface area contributed by atoms with Crippen molar-refractivity contribution in [1.82, 2.24) is 9.99 Å². The van der Waals surface area contributed by atoms with E-state index in [2.05, 4.69) is 16.1 Å². The quantitative estimate of drug-likeness (QED) is 0.432. The number of nitrogens with zero attached hydrogens (tertiary/aromatic N) is 3. The summed E-state index contributed by atoms with van der Waals surface area (Å²) < 4.78 is 30.0. The van der Waals surface area contributed by atoms with E-state index in [0.717, 1.165) is 22.7 Å². The highest BCUT2D eigenvalue weighted by molar-refractivity contribution is 7.92. The Morgan fingerprint density at radius 2 is 2.29 bits per heavy atom. The average molecular weight is 406 g/mol. The van der Waals surface area contributed by atoms with Gasteiger partial charge in [0.25, 0.3) is 10.0 Å². The van der Waals surface area contributed by atoms with E-state index in [-0.39, 0.29) is 20.7 Å². The van der Waals surface area contributed by atoms with Crippen LogP contribution in [0.25, 0.3) is 0 Å². The summed E-state index contributed by atoms with van der Waals surface area (Å²) in [6.45, 7) is 3.86. The first-order valence-electron chi connectivity index (χ1n) is 6.28. The summed E-state index contributed by atoms with van der Waals surface area (Å²) >= 11 is 8.29. The van der Waals surface area contributed by atoms with Crippen LogP contribution in [0.2, 0.25) is 5.15 Å². The molecule has 0 radical (unpaired) electrons. The Morgan fingerprint density at radius 1 is 1.54 bits per heavy atom. The largest absolute Gasteiger partial charge is 0.350 e. The molecule has 128 valence electrons. The summed E-state index contributed by atoms with van der Waals surface area (Å²) in [5, 5.41) is 5.48. The normalized spacial score (nSPS) is 12.6. The molecule has 2 rings (SSSR count). The summed E-state index contributed by atoms with van der Waals surface area (Å²) in [4.78, 5) is 11.2. The number of sulfonamides is 1. The van der Waals surface area contributed by atoms with Crippen molar-refractivity contribution in [1.29, 1.82) is 0 Å². The number of nitrogens with one attached hydrogen (secondary N) is 1. The van der Waals surface area contributed by atoms with Crippen LogP contribution >= 0.6 is 34.3 Å². The van der Waals surface area contributed by atoms with Crippen molar-refractivity contribution < 1.29 is 13.2 Å². The second kappa shape index (κ2) is 7.75. The van der Waals surface area contributed by atoms with Gasteiger partial charge >= 0.3 is 6.03 Å². The Morgan fingerprint density at radius 3 is 2.88 bits per heavy atom. The molecular formula is C12H12ClN5O3S3. The van der Waals surface area contributed by atoms with Crippen LogP contribution in [-0.2, 0) is 16.6 Å². The maximum absolute atomic E-state index is 12.3. The Labute approximate surface area is 150 Å². The molecule has 2 aromatic rings. The molecule has 2 aromatic heterocycles. The number of amides is 2. The lowest BCUT2D eigenvalue weighted by atomic mass is 10.5. The lowest BCUT2D eigenvalue weighted by Crippen LogP contribution is -2.24. The van der Waals surface area contributed by atoms with Crippen LogP contribution in [-0.4, -0.2) is 25.2 Å². The molecule has 0 saturated carbocycles. The van der Waals surface area contributed by atoms with Crippen LogP contribution in [0.3, 0.4) is 0 Å². The van der Waals surface area contributed by atoms with Crippen molar-refractivity contribution >= 4 is 56.5 Å². The maximum atomic E-state index is 12.3. The number of carbonyl (C=O) groups is 1. The predicted octanol–water partition coefficient (Wildman–Crippen LogP) is 1.74. The van der Waals surface area contributed by atoms with Crippen LogP contribution in [0.5, 0.6) is 0 Å². The third kappa shape index (κ3) is 4.32. The topological polar surface area (TPSA) is 119 Å². The number of hydrogen-bond donors (Lipinski definition) is 2. The predicted molar refractivity (Wildman–Crippen MR) is 94.9 cm³/mol. The fourth-order valence-corrected chi connectivity index (χ4v) is 5.00. The van der Waals surface area contributed by atoms with Gasteiger partial charge in [-0.15, -0.1) is 22.3 Å². The van der Waals surface area contributed by atoms with Crippen molar-refractivity contribution in [3.8, 4) is 0 Å². The zero-order valence-electron chi connectivity index (χ0n) is 12.0. The number of thiophene rings is 1. The van der Waals surface area contributed by atoms with Gasteiger partial charge in [-0.25, -0.2) is 10.2 Å². The highest BCUT2D eigenvalue weighted by Crippen LogP contribution is 2.20. The SMILES string of the molecule is C=CCn1c(Cl)c(/C=N\NC(N)=O)s/c1=N/S(=O)(=O)c1cccs1. The summed E-state index contributed by atoms with van der Waals surface area (Å²) in [6, 6.07) is 2.26. The third-order valence-corrected chi connectivity index (χ3v) is 6.78. The van der Waals surface area contributed by atoms with Gasteiger partial charge in [-0.1, -0.05) is 35.1 Å². The number of hydrogen-bond acceptors (Lipinski definition) is 6. The second-order valence-corrected chi connectivity index (χ2v) is 8.32. The number of nitrogens with two attached hydrogens (primary N) is 1. The van der Waals surface area contributed by atoms with E-state index < -0.39 is 16.1 Å². The first-order chi connectivity index (χ1) is 11.3. The summed E-state index contributed by atoms with van der Waals surface area (Å²) in [5.74, 6) is 0. The lowest BCUT2D eigenvalue weighted by molar-refractivity contribution is 0.249. The van der Waals surface area contributed by atoms with E-state index in [4.69, 9.17) is 17.3 Å². The molecule has 0 aliphatic heterocycles. The number of thiazole rings is 1. The third-order valence-electron chi connectivity index (χ3n) is 2.49. The maximum Gasteiger partial charge on any atom is 0.332 e. The molecule has 0 aliphatic rings. The van der Waals surface area contributed by atoms with Crippen LogP contribution in [0.15, 0.2) is 43.9 Å². The van der Waals surface area contributed by atoms with Gasteiger partial charge in [0.05, 0.1) is 11.1 Å². The van der Waals surface area contributed by atoms with E-state index >= 15 is 0 Å². The molecule has 8 nitrogen and oxygen atoms in total. The molecule has 0 aliphatic carbocycles. The number of halogens is 1. The lowest BCUT2D eigenvalue weighted by Gasteiger charge is -2.00. The number of rotatable bonds is 6. The van der Waals surface area contributed by atoms with Crippen LogP contribution in [0, 0.1) is 0 Å². The van der Waals surface area contributed by atoms with Crippen molar-refractivity contribution in [2.24, 2.45) is 15.2 Å². The van der Waals surface area contributed by atoms with Gasteiger partial charge in [0.2, 0.25) is 4.80 Å². The first kappa shape index (κ1) is 18.4. The number of hydrazone groups is 1. The summed E-state index contributed by atoms with van der Waals surface area (Å²) in [7, 11) is -3.84. The minimum absolute atomic E-state index is 0.128. The molecule has 0 atom stereocenters. The molecule has 2 amide bonds. The zero-order valence-corrected chi connectivity index (χ0v) is 15.3. The molecule has 0 fully saturated rings. The number of carbonyl (C=O) groups excluding carboxylic acids is 1. The van der Waals surface area contributed by atoms with Crippen molar-refractivity contribution in [3.63, 3.8) is 0 Å². The fraction of sp³-hybridized carbons (Fsp3) is 0.0833. The zero-order chi connectivity index (χ0) is 17.7. The minimum atomic E-state index is -3.84. The molecule has 0 spiro atoms. The number of allylic oxidation sites excluding steroid dienone is 1. The Bertz CT molecular complexity index is 941. The van der Waals surface area contributed by atoms with Gasteiger partial charge in [-0.3, -0.25) is 0 Å². The van der Waals surface area contributed by atoms with Crippen molar-refractivity contribution in [2.45, 2.75) is 10.8 Å². The van der Waals surface area contributed by atoms with Gasteiger partial charge in [0, 0.05) is 6.54 Å². The Hall–Kier alpha value is -1.95. The fourth-order valence-electron chi connectivity index (χ4n) is 1.56. The number of primary amides is 1. The van der Waals surface area contributed by atoms with Crippen LogP contribution in [0.1, 0.15) is 4.88 Å². The van der Waals surface area contributed by atoms with Gasteiger partial charge in [-0.2, -0.15) is 13.5 Å². The number of urea groups is 1. The second-order valence-electron chi connectivity index (χ2n) is 4.17. The molecule has 3 N–H and O–H groups in total. The van der Waals surface area contributed by atoms with Crippen LogP contribution < -0.4 is 16.0 Å². The van der Waals surface area contributed by atoms with E-state index in [9.17, 15) is 13.2 Å². The number of aromatic nitrogens is 1. The van der Waals surface area contributed by atoms with Crippen molar-refractivity contribution in [3.05, 3.63) is 45.0 Å². The molecule has 0 aromatic carbocycles. The summed E-state index contributed by atoms with van der Waals surface area (Å²) in [5.41, 5.74) is 6.94. The van der Waals surface area contributed by atoms with E-state index in [1.54, 1.807) is 17.5 Å². The van der Waals surface area contributed by atoms with Gasteiger partial charge in [0.1, 0.15) is 9.36 Å². The van der Waals surface area contributed by atoms with Crippen LogP contribution in [0.4, 0.5) is 4.79 Å². The molecular weight excluding hydrogens is 394 g/mol. The Balaban J connectivity index is 2.53. The highest BCUT2D eigenvalue weighted by Gasteiger charge is 2.16. The molecule has 0 bridgehead atoms. The standard InChI is InChI=1S/C12H12ClN5O3S3/c1-2-5-18-10(13)8(7-15-16-11(14)19)23-12(18)17-24(20,21)9-4-3-6-22-9/h2-4,6-7H,1,5H2,(H3,14,16,19)/b15-7-,17-12+. The Kier molecular flexibility index (Phi) is 5.94. The monoisotopic (exact) mass is 405 g/mol. The smallest absolute Gasteiger partial charge is 0.332 e. The molecule has 24 heavy (non-hydrogen) atoms. The first-order valence-corrected chi connectivity index (χ1v) is 9.79. The summed E-state index contributed by atoms with van der Waals surface area (Å²) in [6.07, 6.45) is 2.81.